The Morgan fingerprint density at radius 2 is 1.85 bits per heavy atom. The number of Topliss-reactive ketones (excluding diaryl/α,β-unsaturated/α-hetero) is 1. The summed E-state index contributed by atoms with van der Waals surface area (Å²) < 4.78 is 1.13. The quantitative estimate of drug-likeness (QED) is 0.355. The van der Waals surface area contributed by atoms with E-state index in [1.165, 1.54) is 11.3 Å². The van der Waals surface area contributed by atoms with Crippen molar-refractivity contribution < 1.29 is 14.8 Å². The van der Waals surface area contributed by atoms with Crippen molar-refractivity contribution in [2.75, 3.05) is 0 Å². The van der Waals surface area contributed by atoms with Crippen LogP contribution in [-0.4, -0.2) is 16.9 Å². The summed E-state index contributed by atoms with van der Waals surface area (Å²) in [5, 5.41) is 9.46. The van der Waals surface area contributed by atoms with Crippen LogP contribution >= 0.6 is 11.3 Å². The van der Waals surface area contributed by atoms with Crippen LogP contribution in [0.25, 0.3) is 10.1 Å². The van der Waals surface area contributed by atoms with Gasteiger partial charge in [-0.3, -0.25) is 14.8 Å². The SMILES string of the molecule is O=C(CCCCCC(=O)c1cc2ccccc2s1)NO. The first kappa shape index (κ1) is 14.7. The van der Waals surface area contributed by atoms with E-state index in [4.69, 9.17) is 5.21 Å². The molecule has 0 aliphatic carbocycles. The van der Waals surface area contributed by atoms with Gasteiger partial charge in [-0.2, -0.15) is 0 Å². The minimum Gasteiger partial charge on any atom is -0.293 e. The van der Waals surface area contributed by atoms with E-state index >= 15 is 0 Å². The second-order valence-corrected chi connectivity index (χ2v) is 5.75. The lowest BCUT2D eigenvalue weighted by molar-refractivity contribution is -0.129. The van der Waals surface area contributed by atoms with Gasteiger partial charge in [-0.05, 0) is 30.4 Å². The highest BCUT2D eigenvalue weighted by Crippen LogP contribution is 2.26. The average molecular weight is 291 g/mol. The number of rotatable bonds is 7. The molecule has 0 saturated carbocycles. The Labute approximate surface area is 121 Å². The maximum Gasteiger partial charge on any atom is 0.243 e. The lowest BCUT2D eigenvalue weighted by Gasteiger charge is -1.99. The first-order valence-electron chi connectivity index (χ1n) is 6.65. The third kappa shape index (κ3) is 3.88. The van der Waals surface area contributed by atoms with Gasteiger partial charge in [0.2, 0.25) is 5.91 Å². The van der Waals surface area contributed by atoms with E-state index in [1.807, 2.05) is 30.3 Å². The van der Waals surface area contributed by atoms with Gasteiger partial charge >= 0.3 is 0 Å². The van der Waals surface area contributed by atoms with Crippen LogP contribution in [0.5, 0.6) is 0 Å². The molecule has 0 saturated heterocycles. The molecule has 0 radical (unpaired) electrons. The van der Waals surface area contributed by atoms with Gasteiger partial charge in [-0.15, -0.1) is 11.3 Å². The van der Waals surface area contributed by atoms with Gasteiger partial charge in [0, 0.05) is 17.5 Å². The van der Waals surface area contributed by atoms with Gasteiger partial charge < -0.3 is 0 Å². The summed E-state index contributed by atoms with van der Waals surface area (Å²) in [7, 11) is 0. The highest BCUT2D eigenvalue weighted by Gasteiger charge is 2.09. The molecule has 1 aromatic heterocycles. The number of nitrogens with one attached hydrogen (secondary N) is 1. The molecule has 0 bridgehead atoms. The molecule has 1 heterocycles. The summed E-state index contributed by atoms with van der Waals surface area (Å²) in [4.78, 5) is 23.7. The number of ketones is 1. The molecule has 0 aliphatic rings. The van der Waals surface area contributed by atoms with Crippen LogP contribution < -0.4 is 5.48 Å². The molecule has 1 aromatic carbocycles. The molecule has 2 N–H and O–H groups in total. The van der Waals surface area contributed by atoms with E-state index in [2.05, 4.69) is 0 Å². The molecular formula is C15H17NO3S. The zero-order chi connectivity index (χ0) is 14.4. The Balaban J connectivity index is 1.78. The van der Waals surface area contributed by atoms with Gasteiger partial charge in [-0.1, -0.05) is 24.6 Å². The van der Waals surface area contributed by atoms with Crippen LogP contribution in [0.1, 0.15) is 41.8 Å². The Morgan fingerprint density at radius 1 is 1.10 bits per heavy atom. The van der Waals surface area contributed by atoms with Crippen molar-refractivity contribution >= 4 is 33.1 Å². The highest BCUT2D eigenvalue weighted by molar-refractivity contribution is 7.20. The number of thiophene rings is 1. The smallest absolute Gasteiger partial charge is 0.243 e. The van der Waals surface area contributed by atoms with Crippen LogP contribution in [0, 0.1) is 0 Å². The summed E-state index contributed by atoms with van der Waals surface area (Å²) in [6.07, 6.45) is 3.07. The normalized spacial score (nSPS) is 10.7. The van der Waals surface area contributed by atoms with E-state index in [9.17, 15) is 9.59 Å². The predicted molar refractivity (Wildman–Crippen MR) is 79.2 cm³/mol. The van der Waals surface area contributed by atoms with Crippen molar-refractivity contribution in [2.24, 2.45) is 0 Å². The maximum absolute atomic E-state index is 12.1. The number of benzene rings is 1. The molecule has 2 rings (SSSR count). The van der Waals surface area contributed by atoms with E-state index in [0.717, 1.165) is 27.8 Å². The fourth-order valence-electron chi connectivity index (χ4n) is 2.05. The lowest BCUT2D eigenvalue weighted by atomic mass is 10.1. The van der Waals surface area contributed by atoms with Gasteiger partial charge in [0.1, 0.15) is 0 Å². The number of hydrogen-bond donors (Lipinski definition) is 2. The average Bonchev–Trinajstić information content (AvgIpc) is 2.90. The van der Waals surface area contributed by atoms with Crippen molar-refractivity contribution in [1.29, 1.82) is 0 Å². The third-order valence-corrected chi connectivity index (χ3v) is 4.29. The number of carbonyl (C=O) groups excluding carboxylic acids is 2. The molecule has 20 heavy (non-hydrogen) atoms. The van der Waals surface area contributed by atoms with Gasteiger partial charge in [0.05, 0.1) is 4.88 Å². The number of carbonyl (C=O) groups is 2. The summed E-state index contributed by atoms with van der Waals surface area (Å²) in [5.41, 5.74) is 1.60. The van der Waals surface area contributed by atoms with Gasteiger partial charge in [0.15, 0.2) is 5.78 Å². The molecule has 0 fully saturated rings. The first-order valence-corrected chi connectivity index (χ1v) is 7.47. The Hall–Kier alpha value is -1.72. The molecule has 0 aliphatic heterocycles. The first-order chi connectivity index (χ1) is 9.70. The molecular weight excluding hydrogens is 274 g/mol. The van der Waals surface area contributed by atoms with Gasteiger partial charge in [0.25, 0.3) is 0 Å². The minimum absolute atomic E-state index is 0.165. The second kappa shape index (κ2) is 7.17. The molecule has 106 valence electrons. The van der Waals surface area contributed by atoms with Crippen molar-refractivity contribution in [3.05, 3.63) is 35.2 Å². The fourth-order valence-corrected chi connectivity index (χ4v) is 3.08. The number of fused-ring (bicyclic) bond motifs is 1. The van der Waals surface area contributed by atoms with Crippen molar-refractivity contribution in [2.45, 2.75) is 32.1 Å². The lowest BCUT2D eigenvalue weighted by Crippen LogP contribution is -2.17. The summed E-state index contributed by atoms with van der Waals surface area (Å²) in [6, 6.07) is 9.91. The standard InChI is InChI=1S/C15H17NO3S/c17-12(7-2-1-3-9-15(18)16-19)14-10-11-6-4-5-8-13(11)20-14/h4-6,8,10,19H,1-3,7,9H2,(H,16,18). The second-order valence-electron chi connectivity index (χ2n) is 4.67. The van der Waals surface area contributed by atoms with E-state index in [-0.39, 0.29) is 11.7 Å². The van der Waals surface area contributed by atoms with Crippen molar-refractivity contribution in [3.8, 4) is 0 Å². The molecule has 0 spiro atoms. The molecule has 5 heteroatoms. The van der Waals surface area contributed by atoms with E-state index < -0.39 is 0 Å². The van der Waals surface area contributed by atoms with Crippen LogP contribution in [0.15, 0.2) is 30.3 Å². The predicted octanol–water partition coefficient (Wildman–Crippen LogP) is 3.54. The highest BCUT2D eigenvalue weighted by atomic mass is 32.1. The monoisotopic (exact) mass is 291 g/mol. The minimum atomic E-state index is -0.374. The van der Waals surface area contributed by atoms with Crippen LogP contribution in [0.3, 0.4) is 0 Å². The Kier molecular flexibility index (Phi) is 5.26. The molecule has 2 aromatic rings. The molecule has 1 amide bonds. The third-order valence-electron chi connectivity index (χ3n) is 3.13. The number of amides is 1. The molecule has 0 atom stereocenters. The largest absolute Gasteiger partial charge is 0.293 e. The van der Waals surface area contributed by atoms with Crippen LogP contribution in [0.4, 0.5) is 0 Å². The molecule has 0 unspecified atom stereocenters. The number of hydrogen-bond acceptors (Lipinski definition) is 4. The zero-order valence-corrected chi connectivity index (χ0v) is 11.9. The summed E-state index contributed by atoms with van der Waals surface area (Å²) in [6.45, 7) is 0. The van der Waals surface area contributed by atoms with Crippen molar-refractivity contribution in [1.82, 2.24) is 5.48 Å². The molecule has 4 nitrogen and oxygen atoms in total. The van der Waals surface area contributed by atoms with Crippen molar-refractivity contribution in [3.63, 3.8) is 0 Å². The van der Waals surface area contributed by atoms with E-state index in [0.29, 0.717) is 19.3 Å². The van der Waals surface area contributed by atoms with Gasteiger partial charge in [-0.25, -0.2) is 5.48 Å². The number of unbranched alkanes of at least 4 members (excludes halogenated alkanes) is 2. The fraction of sp³-hybridized carbons (Fsp3) is 0.333. The summed E-state index contributed by atoms with van der Waals surface area (Å²) in [5.74, 6) is -0.210. The number of hydroxylamine groups is 1. The van der Waals surface area contributed by atoms with E-state index in [1.54, 1.807) is 5.48 Å². The Bertz CT molecular complexity index is 573. The zero-order valence-electron chi connectivity index (χ0n) is 11.1. The van der Waals surface area contributed by atoms with Crippen LogP contribution in [0.2, 0.25) is 0 Å². The van der Waals surface area contributed by atoms with Crippen LogP contribution in [-0.2, 0) is 4.79 Å². The topological polar surface area (TPSA) is 66.4 Å². The maximum atomic E-state index is 12.1. The summed E-state index contributed by atoms with van der Waals surface area (Å²) >= 11 is 1.53. The Morgan fingerprint density at radius 3 is 2.60 bits per heavy atom.